The lowest BCUT2D eigenvalue weighted by Gasteiger charge is -2.03. The molecule has 2 aromatic carbocycles. The van der Waals surface area contributed by atoms with Gasteiger partial charge in [-0.15, -0.1) is 0 Å². The number of ether oxygens (including phenoxy) is 2. The summed E-state index contributed by atoms with van der Waals surface area (Å²) in [6.45, 7) is 2.56. The fraction of sp³-hybridized carbons (Fsp3) is 0.222. The molecule has 1 N–H and O–H groups in total. The Hall–Kier alpha value is -2.80. The van der Waals surface area contributed by atoms with Crippen molar-refractivity contribution in [3.63, 3.8) is 0 Å². The molecule has 0 saturated carbocycles. The first kappa shape index (κ1) is 17.0. The van der Waals surface area contributed by atoms with E-state index in [1.54, 1.807) is 31.4 Å². The molecule has 0 saturated heterocycles. The number of carbonyl (C=O) groups excluding carboxylic acids is 1. The number of benzene rings is 2. The Balaban J connectivity index is 1.86. The lowest BCUT2D eigenvalue weighted by atomic mass is 10.3. The van der Waals surface area contributed by atoms with Crippen LogP contribution < -0.4 is 19.6 Å². The molecule has 0 aliphatic heterocycles. The monoisotopic (exact) mass is 357 g/mol. The SMILES string of the molecule is CCOc1ccc2c(c1)s/c(=N/C(=O)Nc1ccc(OC)cc1)n2C. The highest BCUT2D eigenvalue weighted by molar-refractivity contribution is 7.16. The van der Waals surface area contributed by atoms with E-state index in [1.807, 2.05) is 36.7 Å². The highest BCUT2D eigenvalue weighted by atomic mass is 32.1. The standard InChI is InChI=1S/C18H19N3O3S/c1-4-24-14-9-10-15-16(11-14)25-18(21(15)2)20-17(22)19-12-5-7-13(23-3)8-6-12/h5-11H,4H2,1-3H3,(H,19,22)/b20-18+. The molecule has 0 bridgehead atoms. The van der Waals surface area contributed by atoms with Crippen molar-refractivity contribution in [3.8, 4) is 11.5 Å². The van der Waals surface area contributed by atoms with E-state index in [1.165, 1.54) is 11.3 Å². The first-order valence-electron chi connectivity index (χ1n) is 7.83. The third-order valence-electron chi connectivity index (χ3n) is 3.63. The van der Waals surface area contributed by atoms with Crippen LogP contribution in [0.3, 0.4) is 0 Å². The summed E-state index contributed by atoms with van der Waals surface area (Å²) in [6, 6.07) is 12.5. The Bertz CT molecular complexity index is 958. The number of aryl methyl sites for hydroxylation is 1. The zero-order chi connectivity index (χ0) is 17.8. The molecule has 1 aromatic heterocycles. The molecule has 0 unspecified atom stereocenters. The first-order valence-corrected chi connectivity index (χ1v) is 8.64. The van der Waals surface area contributed by atoms with Crippen molar-refractivity contribution in [2.24, 2.45) is 12.0 Å². The van der Waals surface area contributed by atoms with E-state index in [2.05, 4.69) is 10.3 Å². The van der Waals surface area contributed by atoms with E-state index in [0.29, 0.717) is 17.1 Å². The summed E-state index contributed by atoms with van der Waals surface area (Å²) in [5.74, 6) is 1.54. The van der Waals surface area contributed by atoms with Gasteiger partial charge in [-0.2, -0.15) is 4.99 Å². The van der Waals surface area contributed by atoms with Crippen molar-refractivity contribution < 1.29 is 14.3 Å². The van der Waals surface area contributed by atoms with E-state index in [0.717, 1.165) is 21.7 Å². The number of nitrogens with zero attached hydrogens (tertiary/aromatic N) is 2. The number of thiazole rings is 1. The molecule has 0 aliphatic carbocycles. The smallest absolute Gasteiger partial charge is 0.348 e. The molecule has 2 amide bonds. The number of hydrogen-bond acceptors (Lipinski definition) is 4. The van der Waals surface area contributed by atoms with Crippen molar-refractivity contribution in [3.05, 3.63) is 47.3 Å². The maximum absolute atomic E-state index is 12.2. The predicted octanol–water partition coefficient (Wildman–Crippen LogP) is 3.78. The van der Waals surface area contributed by atoms with Crippen LogP contribution in [-0.4, -0.2) is 24.3 Å². The highest BCUT2D eigenvalue weighted by Gasteiger charge is 2.07. The van der Waals surface area contributed by atoms with Gasteiger partial charge in [-0.1, -0.05) is 11.3 Å². The minimum Gasteiger partial charge on any atom is -0.497 e. The second-order valence-corrected chi connectivity index (χ2v) is 6.29. The van der Waals surface area contributed by atoms with Crippen LogP contribution in [0.1, 0.15) is 6.92 Å². The molecular formula is C18H19N3O3S. The molecule has 0 aliphatic rings. The molecule has 0 radical (unpaired) electrons. The maximum atomic E-state index is 12.2. The van der Waals surface area contributed by atoms with Gasteiger partial charge in [0, 0.05) is 12.7 Å². The van der Waals surface area contributed by atoms with Crippen LogP contribution in [-0.2, 0) is 7.05 Å². The van der Waals surface area contributed by atoms with Gasteiger partial charge in [0.25, 0.3) is 0 Å². The average Bonchev–Trinajstić information content (AvgIpc) is 2.91. The number of anilines is 1. The molecule has 130 valence electrons. The Kier molecular flexibility index (Phi) is 5.04. The number of nitrogens with one attached hydrogen (secondary N) is 1. The third-order valence-corrected chi connectivity index (χ3v) is 4.72. The fourth-order valence-electron chi connectivity index (χ4n) is 2.39. The topological polar surface area (TPSA) is 64.8 Å². The van der Waals surface area contributed by atoms with Crippen LogP contribution in [0.4, 0.5) is 10.5 Å². The van der Waals surface area contributed by atoms with E-state index in [4.69, 9.17) is 9.47 Å². The van der Waals surface area contributed by atoms with Gasteiger partial charge in [-0.25, -0.2) is 4.79 Å². The first-order chi connectivity index (χ1) is 12.1. The van der Waals surface area contributed by atoms with Crippen LogP contribution in [0.15, 0.2) is 47.5 Å². The van der Waals surface area contributed by atoms with Crippen LogP contribution in [0.2, 0.25) is 0 Å². The normalized spacial score (nSPS) is 11.6. The second kappa shape index (κ2) is 7.40. The zero-order valence-corrected chi connectivity index (χ0v) is 15.1. The van der Waals surface area contributed by atoms with Gasteiger partial charge in [-0.05, 0) is 49.4 Å². The van der Waals surface area contributed by atoms with Gasteiger partial charge in [0.15, 0.2) is 4.80 Å². The third kappa shape index (κ3) is 3.83. The predicted molar refractivity (Wildman–Crippen MR) is 99.5 cm³/mol. The number of carbonyl (C=O) groups is 1. The summed E-state index contributed by atoms with van der Waals surface area (Å²) in [5, 5.41) is 2.75. The molecule has 1 heterocycles. The van der Waals surface area contributed by atoms with Crippen LogP contribution >= 0.6 is 11.3 Å². The van der Waals surface area contributed by atoms with Gasteiger partial charge in [0.05, 0.1) is 23.9 Å². The van der Waals surface area contributed by atoms with Crippen molar-refractivity contribution in [1.29, 1.82) is 0 Å². The van der Waals surface area contributed by atoms with E-state index < -0.39 is 6.03 Å². The van der Waals surface area contributed by atoms with Gasteiger partial charge in [0.1, 0.15) is 11.5 Å². The van der Waals surface area contributed by atoms with Gasteiger partial charge >= 0.3 is 6.03 Å². The van der Waals surface area contributed by atoms with Crippen LogP contribution in [0.25, 0.3) is 10.2 Å². The Morgan fingerprint density at radius 1 is 1.20 bits per heavy atom. The number of aromatic nitrogens is 1. The number of fused-ring (bicyclic) bond motifs is 1. The van der Waals surface area contributed by atoms with E-state index >= 15 is 0 Å². The summed E-state index contributed by atoms with van der Waals surface area (Å²) in [6.07, 6.45) is 0. The lowest BCUT2D eigenvalue weighted by Crippen LogP contribution is -2.16. The minimum absolute atomic E-state index is 0.419. The number of amides is 2. The van der Waals surface area contributed by atoms with Crippen molar-refractivity contribution in [2.45, 2.75) is 6.92 Å². The Labute approximate surface area is 149 Å². The summed E-state index contributed by atoms with van der Waals surface area (Å²) >= 11 is 1.44. The second-order valence-electron chi connectivity index (χ2n) is 5.28. The molecule has 3 rings (SSSR count). The molecule has 0 atom stereocenters. The number of hydrogen-bond donors (Lipinski definition) is 1. The number of rotatable bonds is 4. The summed E-state index contributed by atoms with van der Waals surface area (Å²) in [4.78, 5) is 17.0. The molecule has 7 heteroatoms. The zero-order valence-electron chi connectivity index (χ0n) is 14.3. The van der Waals surface area contributed by atoms with Gasteiger partial charge in [-0.3, -0.25) is 0 Å². The van der Waals surface area contributed by atoms with Crippen molar-refractivity contribution in [1.82, 2.24) is 4.57 Å². The molecular weight excluding hydrogens is 338 g/mol. The number of methoxy groups -OCH3 is 1. The average molecular weight is 357 g/mol. The van der Waals surface area contributed by atoms with Crippen LogP contribution in [0, 0.1) is 0 Å². The summed E-state index contributed by atoms with van der Waals surface area (Å²) in [7, 11) is 3.49. The Morgan fingerprint density at radius 3 is 2.60 bits per heavy atom. The van der Waals surface area contributed by atoms with E-state index in [-0.39, 0.29) is 0 Å². The summed E-state index contributed by atoms with van der Waals surface area (Å²) in [5.41, 5.74) is 1.67. The largest absolute Gasteiger partial charge is 0.497 e. The van der Waals surface area contributed by atoms with Crippen molar-refractivity contribution >= 4 is 33.3 Å². The molecule has 0 fully saturated rings. The highest BCUT2D eigenvalue weighted by Crippen LogP contribution is 2.23. The number of urea groups is 1. The van der Waals surface area contributed by atoms with Gasteiger partial charge < -0.3 is 19.4 Å². The summed E-state index contributed by atoms with van der Waals surface area (Å²) < 4.78 is 13.5. The van der Waals surface area contributed by atoms with Crippen LogP contribution in [0.5, 0.6) is 11.5 Å². The lowest BCUT2D eigenvalue weighted by molar-refractivity contribution is 0.259. The maximum Gasteiger partial charge on any atom is 0.348 e. The molecule has 6 nitrogen and oxygen atoms in total. The van der Waals surface area contributed by atoms with Gasteiger partial charge in [0.2, 0.25) is 0 Å². The molecule has 0 spiro atoms. The van der Waals surface area contributed by atoms with E-state index in [9.17, 15) is 4.79 Å². The minimum atomic E-state index is -0.419. The quantitative estimate of drug-likeness (QED) is 0.773. The molecule has 3 aromatic rings. The molecule has 25 heavy (non-hydrogen) atoms. The van der Waals surface area contributed by atoms with Crippen molar-refractivity contribution in [2.75, 3.05) is 19.0 Å². The fourth-order valence-corrected chi connectivity index (χ4v) is 3.44. The Morgan fingerprint density at radius 2 is 1.92 bits per heavy atom.